The van der Waals surface area contributed by atoms with Gasteiger partial charge in [-0.05, 0) is 30.7 Å². The number of carbonyl (C=O) groups excluding carboxylic acids is 2. The van der Waals surface area contributed by atoms with Gasteiger partial charge in [0.1, 0.15) is 0 Å². The van der Waals surface area contributed by atoms with E-state index < -0.39 is 6.03 Å². The van der Waals surface area contributed by atoms with Gasteiger partial charge in [0.2, 0.25) is 5.91 Å². The highest BCUT2D eigenvalue weighted by Crippen LogP contribution is 2.30. The van der Waals surface area contributed by atoms with Crippen LogP contribution in [-0.4, -0.2) is 37.7 Å². The Morgan fingerprint density at radius 2 is 1.96 bits per heavy atom. The van der Waals surface area contributed by atoms with Crippen LogP contribution < -0.4 is 25.0 Å². The zero-order valence-electron chi connectivity index (χ0n) is 14.6. The van der Waals surface area contributed by atoms with Crippen molar-refractivity contribution < 1.29 is 19.1 Å². The van der Waals surface area contributed by atoms with Crippen molar-refractivity contribution in [2.75, 3.05) is 36.3 Å². The van der Waals surface area contributed by atoms with E-state index in [1.807, 2.05) is 0 Å². The molecule has 2 N–H and O–H groups in total. The molecule has 0 atom stereocenters. The molecule has 0 spiro atoms. The second kappa shape index (κ2) is 7.73. The molecule has 0 aliphatic carbocycles. The van der Waals surface area contributed by atoms with Gasteiger partial charge < -0.3 is 19.7 Å². The lowest BCUT2D eigenvalue weighted by Gasteiger charge is -2.19. The second-order valence-corrected chi connectivity index (χ2v) is 5.67. The number of aromatic nitrogens is 1. The van der Waals surface area contributed by atoms with Crippen molar-refractivity contribution in [1.29, 1.82) is 0 Å². The second-order valence-electron chi connectivity index (χ2n) is 5.67. The van der Waals surface area contributed by atoms with Gasteiger partial charge in [0.05, 0.1) is 19.9 Å². The van der Waals surface area contributed by atoms with E-state index in [2.05, 4.69) is 15.6 Å². The van der Waals surface area contributed by atoms with Crippen molar-refractivity contribution >= 4 is 29.1 Å². The summed E-state index contributed by atoms with van der Waals surface area (Å²) in [7, 11) is 3.06. The summed E-state index contributed by atoms with van der Waals surface area (Å²) in [4.78, 5) is 30.2. The van der Waals surface area contributed by atoms with Crippen molar-refractivity contribution in [3.8, 4) is 11.5 Å². The van der Waals surface area contributed by atoms with E-state index in [1.54, 1.807) is 48.5 Å². The number of hydrogen-bond donors (Lipinski definition) is 2. The smallest absolute Gasteiger partial charge is 0.324 e. The molecule has 1 aromatic heterocycles. The number of amides is 3. The minimum Gasteiger partial charge on any atom is -0.493 e. The van der Waals surface area contributed by atoms with Gasteiger partial charge in [0, 0.05) is 30.9 Å². The van der Waals surface area contributed by atoms with E-state index >= 15 is 0 Å². The summed E-state index contributed by atoms with van der Waals surface area (Å²) < 4.78 is 10.4. The summed E-state index contributed by atoms with van der Waals surface area (Å²) >= 11 is 0. The first-order chi connectivity index (χ1) is 12.6. The van der Waals surface area contributed by atoms with Crippen molar-refractivity contribution in [1.82, 2.24) is 4.98 Å². The summed E-state index contributed by atoms with van der Waals surface area (Å²) in [5.41, 5.74) is 1.13. The Balaban J connectivity index is 1.74. The number of anilines is 3. The Kier molecular flexibility index (Phi) is 5.21. The van der Waals surface area contributed by atoms with E-state index in [-0.39, 0.29) is 5.91 Å². The number of ether oxygens (including phenoxy) is 2. The summed E-state index contributed by atoms with van der Waals surface area (Å²) in [6.07, 6.45) is 2.87. The molecule has 1 aliphatic rings. The predicted molar refractivity (Wildman–Crippen MR) is 98.0 cm³/mol. The number of nitrogens with one attached hydrogen (secondary N) is 2. The quantitative estimate of drug-likeness (QED) is 0.859. The molecule has 136 valence electrons. The van der Waals surface area contributed by atoms with Crippen LogP contribution in [0.25, 0.3) is 0 Å². The number of benzene rings is 1. The number of methoxy groups -OCH3 is 2. The molecule has 3 rings (SSSR count). The summed E-state index contributed by atoms with van der Waals surface area (Å²) in [6.45, 7) is 0.622. The predicted octanol–water partition coefficient (Wildman–Crippen LogP) is 2.87. The van der Waals surface area contributed by atoms with E-state index in [4.69, 9.17) is 9.47 Å². The number of hydrogen-bond acceptors (Lipinski definition) is 5. The molecule has 2 heterocycles. The number of pyridine rings is 1. The fourth-order valence-electron chi connectivity index (χ4n) is 2.80. The third-order valence-corrected chi connectivity index (χ3v) is 4.02. The maximum atomic E-state index is 12.3. The van der Waals surface area contributed by atoms with Gasteiger partial charge in [-0.25, -0.2) is 9.78 Å². The van der Waals surface area contributed by atoms with Gasteiger partial charge >= 0.3 is 6.03 Å². The monoisotopic (exact) mass is 356 g/mol. The van der Waals surface area contributed by atoms with Crippen molar-refractivity contribution in [2.24, 2.45) is 0 Å². The molecule has 1 fully saturated rings. The van der Waals surface area contributed by atoms with Crippen LogP contribution in [0.2, 0.25) is 0 Å². The summed E-state index contributed by atoms with van der Waals surface area (Å²) in [5.74, 6) is 1.44. The lowest BCUT2D eigenvalue weighted by Crippen LogP contribution is -2.27. The zero-order chi connectivity index (χ0) is 18.5. The lowest BCUT2D eigenvalue weighted by molar-refractivity contribution is -0.117. The van der Waals surface area contributed by atoms with E-state index in [0.29, 0.717) is 41.7 Å². The molecule has 8 heteroatoms. The third kappa shape index (κ3) is 3.69. The first-order valence-electron chi connectivity index (χ1n) is 8.18. The van der Waals surface area contributed by atoms with Crippen molar-refractivity contribution in [3.63, 3.8) is 0 Å². The van der Waals surface area contributed by atoms with E-state index in [9.17, 15) is 9.59 Å². The molecular formula is C18H20N4O4. The number of rotatable bonds is 5. The highest BCUT2D eigenvalue weighted by molar-refractivity contribution is 6.04. The molecule has 1 aliphatic heterocycles. The number of nitrogens with zero attached hydrogens (tertiary/aromatic N) is 2. The Labute approximate surface area is 151 Å². The number of carbonyl (C=O) groups is 2. The van der Waals surface area contributed by atoms with Crippen molar-refractivity contribution in [2.45, 2.75) is 12.8 Å². The summed E-state index contributed by atoms with van der Waals surface area (Å²) in [5, 5.41) is 5.41. The largest absolute Gasteiger partial charge is 0.493 e. The molecule has 1 saturated heterocycles. The highest BCUT2D eigenvalue weighted by atomic mass is 16.5. The highest BCUT2D eigenvalue weighted by Gasteiger charge is 2.24. The standard InChI is InChI=1S/C18H20N4O4/c1-25-14-8-7-12(11-15(14)26-2)20-18(24)21-17-13(5-3-9-19-17)22-10-4-6-16(22)23/h3,5,7-9,11H,4,6,10H2,1-2H3,(H2,19,20,21,24). The molecule has 1 aromatic carbocycles. The Morgan fingerprint density at radius 3 is 2.65 bits per heavy atom. The van der Waals surface area contributed by atoms with Gasteiger partial charge in [0.15, 0.2) is 17.3 Å². The molecule has 3 amide bonds. The maximum Gasteiger partial charge on any atom is 0.324 e. The van der Waals surface area contributed by atoms with Gasteiger partial charge in [0.25, 0.3) is 0 Å². The van der Waals surface area contributed by atoms with E-state index in [0.717, 1.165) is 6.42 Å². The Hall–Kier alpha value is -3.29. The molecule has 2 aromatic rings. The SMILES string of the molecule is COc1ccc(NC(=O)Nc2ncccc2N2CCCC2=O)cc1OC. The molecule has 8 nitrogen and oxygen atoms in total. The van der Waals surface area contributed by atoms with Crippen LogP contribution in [0.5, 0.6) is 11.5 Å². The third-order valence-electron chi connectivity index (χ3n) is 4.02. The Bertz CT molecular complexity index is 825. The van der Waals surface area contributed by atoms with Crippen LogP contribution >= 0.6 is 0 Å². The van der Waals surface area contributed by atoms with Crippen LogP contribution in [0.4, 0.5) is 22.0 Å². The first-order valence-corrected chi connectivity index (χ1v) is 8.18. The average molecular weight is 356 g/mol. The molecule has 26 heavy (non-hydrogen) atoms. The normalized spacial score (nSPS) is 13.5. The molecular weight excluding hydrogens is 336 g/mol. The van der Waals surface area contributed by atoms with Crippen LogP contribution in [-0.2, 0) is 4.79 Å². The van der Waals surface area contributed by atoms with Gasteiger partial charge in [-0.2, -0.15) is 0 Å². The maximum absolute atomic E-state index is 12.3. The molecule has 0 radical (unpaired) electrons. The molecule has 0 bridgehead atoms. The minimum atomic E-state index is -0.469. The van der Waals surface area contributed by atoms with E-state index in [1.165, 1.54) is 7.11 Å². The van der Waals surface area contributed by atoms with Crippen molar-refractivity contribution in [3.05, 3.63) is 36.5 Å². The first kappa shape index (κ1) is 17.5. The number of urea groups is 1. The lowest BCUT2D eigenvalue weighted by atomic mass is 10.3. The van der Waals surface area contributed by atoms with Crippen LogP contribution in [0, 0.1) is 0 Å². The minimum absolute atomic E-state index is 0.0290. The summed E-state index contributed by atoms with van der Waals surface area (Å²) in [6, 6.07) is 8.08. The van der Waals surface area contributed by atoms with Gasteiger partial charge in [-0.15, -0.1) is 0 Å². The average Bonchev–Trinajstić information content (AvgIpc) is 3.07. The van der Waals surface area contributed by atoms with Gasteiger partial charge in [-0.3, -0.25) is 10.1 Å². The van der Waals surface area contributed by atoms with Crippen LogP contribution in [0.1, 0.15) is 12.8 Å². The molecule has 0 unspecified atom stereocenters. The van der Waals surface area contributed by atoms with Crippen LogP contribution in [0.15, 0.2) is 36.5 Å². The van der Waals surface area contributed by atoms with Gasteiger partial charge in [-0.1, -0.05) is 0 Å². The fourth-order valence-corrected chi connectivity index (χ4v) is 2.80. The zero-order valence-corrected chi connectivity index (χ0v) is 14.6. The van der Waals surface area contributed by atoms with Crippen LogP contribution in [0.3, 0.4) is 0 Å². The molecule has 0 saturated carbocycles. The fraction of sp³-hybridized carbons (Fsp3) is 0.278. The Morgan fingerprint density at radius 1 is 1.15 bits per heavy atom. The topological polar surface area (TPSA) is 92.8 Å².